The van der Waals surface area contributed by atoms with Crippen molar-refractivity contribution in [3.05, 3.63) is 34.6 Å². The van der Waals surface area contributed by atoms with E-state index in [9.17, 15) is 4.39 Å². The Labute approximate surface area is 136 Å². The predicted octanol–water partition coefficient (Wildman–Crippen LogP) is 3.50. The molecule has 5 heteroatoms. The molecule has 0 unspecified atom stereocenters. The number of halogens is 2. The van der Waals surface area contributed by atoms with Gasteiger partial charge in [-0.05, 0) is 43.0 Å². The molecule has 2 aliphatic rings. The third kappa shape index (κ3) is 4.42. The Balaban J connectivity index is 1.42. The number of likely N-dealkylation sites (tertiary alicyclic amines) is 1. The lowest BCUT2D eigenvalue weighted by atomic mass is 10.1. The van der Waals surface area contributed by atoms with E-state index in [1.807, 2.05) is 0 Å². The predicted molar refractivity (Wildman–Crippen MR) is 84.6 cm³/mol. The van der Waals surface area contributed by atoms with Gasteiger partial charge in [-0.15, -0.1) is 0 Å². The minimum Gasteiger partial charge on any atom is -0.381 e. The van der Waals surface area contributed by atoms with Gasteiger partial charge in [0.05, 0.1) is 19.3 Å². The second-order valence-corrected chi connectivity index (χ2v) is 6.68. The zero-order valence-electron chi connectivity index (χ0n) is 12.8. The molecule has 0 aliphatic carbocycles. The highest BCUT2D eigenvalue weighted by Gasteiger charge is 2.23. The van der Waals surface area contributed by atoms with Gasteiger partial charge in [0.2, 0.25) is 0 Å². The molecule has 2 aliphatic heterocycles. The first-order valence-electron chi connectivity index (χ1n) is 8.06. The first-order valence-corrected chi connectivity index (χ1v) is 8.44. The fraction of sp³-hybridized carbons (Fsp3) is 0.647. The molecule has 2 fully saturated rings. The van der Waals surface area contributed by atoms with E-state index in [1.165, 1.54) is 12.1 Å². The molecule has 0 aromatic heterocycles. The van der Waals surface area contributed by atoms with Gasteiger partial charge in [0.25, 0.3) is 0 Å². The first-order chi connectivity index (χ1) is 10.7. The van der Waals surface area contributed by atoms with Gasteiger partial charge in [0.1, 0.15) is 5.82 Å². The Hall–Kier alpha value is -0.680. The van der Waals surface area contributed by atoms with Crippen LogP contribution >= 0.6 is 11.6 Å². The minimum atomic E-state index is -0.226. The van der Waals surface area contributed by atoms with Crippen LogP contribution in [0.25, 0.3) is 0 Å². The van der Waals surface area contributed by atoms with Crippen LogP contribution in [0.1, 0.15) is 24.8 Å². The molecule has 2 saturated heterocycles. The van der Waals surface area contributed by atoms with E-state index in [4.69, 9.17) is 21.1 Å². The van der Waals surface area contributed by atoms with Crippen LogP contribution < -0.4 is 0 Å². The van der Waals surface area contributed by atoms with Crippen molar-refractivity contribution < 1.29 is 13.9 Å². The minimum absolute atomic E-state index is 0.226. The first kappa shape index (κ1) is 16.2. The highest BCUT2D eigenvalue weighted by atomic mass is 35.5. The standard InChI is InChI=1S/C17H23ClFNO2/c18-17-2-1-15(19)9-14(17)10-20-6-3-16(4-7-20)22-12-13-5-8-21-11-13/h1-2,9,13,16H,3-8,10-12H2/t13-/m0/s1. The van der Waals surface area contributed by atoms with Crippen molar-refractivity contribution in [3.63, 3.8) is 0 Å². The van der Waals surface area contributed by atoms with Crippen LogP contribution in [0.5, 0.6) is 0 Å². The van der Waals surface area contributed by atoms with Crippen molar-refractivity contribution in [1.29, 1.82) is 0 Å². The van der Waals surface area contributed by atoms with Crippen LogP contribution in [-0.2, 0) is 16.0 Å². The Bertz CT molecular complexity index is 486. The van der Waals surface area contributed by atoms with E-state index in [0.717, 1.165) is 57.7 Å². The summed E-state index contributed by atoms with van der Waals surface area (Å²) < 4.78 is 24.7. The smallest absolute Gasteiger partial charge is 0.123 e. The van der Waals surface area contributed by atoms with Gasteiger partial charge in [0, 0.05) is 37.2 Å². The normalized spacial score (nSPS) is 24.0. The summed E-state index contributed by atoms with van der Waals surface area (Å²) in [5, 5.41) is 0.640. The van der Waals surface area contributed by atoms with Gasteiger partial charge < -0.3 is 9.47 Å². The molecule has 0 radical (unpaired) electrons. The summed E-state index contributed by atoms with van der Waals surface area (Å²) >= 11 is 6.14. The molecule has 1 aromatic rings. The van der Waals surface area contributed by atoms with Crippen molar-refractivity contribution in [2.24, 2.45) is 5.92 Å². The fourth-order valence-electron chi connectivity index (χ4n) is 3.13. The van der Waals surface area contributed by atoms with Crippen LogP contribution in [0.15, 0.2) is 18.2 Å². The number of benzene rings is 1. The average Bonchev–Trinajstić information content (AvgIpc) is 3.04. The second kappa shape index (κ2) is 7.73. The van der Waals surface area contributed by atoms with Crippen molar-refractivity contribution >= 4 is 11.6 Å². The summed E-state index contributed by atoms with van der Waals surface area (Å²) in [6.07, 6.45) is 3.53. The molecule has 0 amide bonds. The maximum absolute atomic E-state index is 13.3. The van der Waals surface area contributed by atoms with Gasteiger partial charge in [0.15, 0.2) is 0 Å². The highest BCUT2D eigenvalue weighted by Crippen LogP contribution is 2.22. The third-order valence-electron chi connectivity index (χ3n) is 4.53. The third-order valence-corrected chi connectivity index (χ3v) is 4.90. The molecule has 0 spiro atoms. The molecular formula is C17H23ClFNO2. The maximum Gasteiger partial charge on any atom is 0.123 e. The maximum atomic E-state index is 13.3. The Morgan fingerprint density at radius 1 is 1.27 bits per heavy atom. The molecule has 0 saturated carbocycles. The topological polar surface area (TPSA) is 21.7 Å². The summed E-state index contributed by atoms with van der Waals surface area (Å²) in [6, 6.07) is 4.56. The van der Waals surface area contributed by atoms with Crippen LogP contribution in [0.3, 0.4) is 0 Å². The molecule has 1 aromatic carbocycles. The molecule has 122 valence electrons. The van der Waals surface area contributed by atoms with Gasteiger partial charge >= 0.3 is 0 Å². The second-order valence-electron chi connectivity index (χ2n) is 6.27. The SMILES string of the molecule is Fc1ccc(Cl)c(CN2CCC(OC[C@H]3CCOC3)CC2)c1. The number of nitrogens with zero attached hydrogens (tertiary/aromatic N) is 1. The molecule has 22 heavy (non-hydrogen) atoms. The van der Waals surface area contributed by atoms with Crippen LogP contribution in [0, 0.1) is 11.7 Å². The van der Waals surface area contributed by atoms with E-state index in [-0.39, 0.29) is 5.82 Å². The van der Waals surface area contributed by atoms with Crippen molar-refractivity contribution in [2.45, 2.75) is 31.9 Å². The summed E-state index contributed by atoms with van der Waals surface area (Å²) in [4.78, 5) is 2.32. The number of hydrogen-bond donors (Lipinski definition) is 0. The molecule has 0 N–H and O–H groups in total. The van der Waals surface area contributed by atoms with Crippen molar-refractivity contribution in [2.75, 3.05) is 32.9 Å². The Morgan fingerprint density at radius 3 is 2.82 bits per heavy atom. The van der Waals surface area contributed by atoms with Gasteiger partial charge in [-0.25, -0.2) is 4.39 Å². The van der Waals surface area contributed by atoms with E-state index in [2.05, 4.69) is 4.90 Å². The largest absolute Gasteiger partial charge is 0.381 e. The quantitative estimate of drug-likeness (QED) is 0.826. The van der Waals surface area contributed by atoms with Crippen molar-refractivity contribution in [1.82, 2.24) is 4.90 Å². The van der Waals surface area contributed by atoms with E-state index < -0.39 is 0 Å². The monoisotopic (exact) mass is 327 g/mol. The summed E-state index contributed by atoms with van der Waals surface area (Å²) in [6.45, 7) is 5.19. The summed E-state index contributed by atoms with van der Waals surface area (Å²) in [7, 11) is 0. The van der Waals surface area contributed by atoms with Crippen LogP contribution in [-0.4, -0.2) is 43.9 Å². The zero-order chi connectivity index (χ0) is 15.4. The van der Waals surface area contributed by atoms with Gasteiger partial charge in [-0.1, -0.05) is 11.6 Å². The van der Waals surface area contributed by atoms with Gasteiger partial charge in [-0.3, -0.25) is 4.90 Å². The summed E-state index contributed by atoms with van der Waals surface area (Å²) in [5.74, 6) is 0.348. The summed E-state index contributed by atoms with van der Waals surface area (Å²) in [5.41, 5.74) is 0.865. The van der Waals surface area contributed by atoms with Crippen LogP contribution in [0.4, 0.5) is 4.39 Å². The Morgan fingerprint density at radius 2 is 2.09 bits per heavy atom. The molecule has 2 heterocycles. The number of hydrogen-bond acceptors (Lipinski definition) is 3. The van der Waals surface area contributed by atoms with E-state index in [1.54, 1.807) is 6.07 Å². The van der Waals surface area contributed by atoms with E-state index in [0.29, 0.717) is 23.6 Å². The lowest BCUT2D eigenvalue weighted by Gasteiger charge is -2.32. The molecule has 1 atom stereocenters. The molecular weight excluding hydrogens is 305 g/mol. The Kier molecular flexibility index (Phi) is 5.69. The number of piperidine rings is 1. The lowest BCUT2D eigenvalue weighted by molar-refractivity contribution is -0.0116. The molecule has 0 bridgehead atoms. The van der Waals surface area contributed by atoms with Crippen LogP contribution in [0.2, 0.25) is 5.02 Å². The fourth-order valence-corrected chi connectivity index (χ4v) is 3.30. The zero-order valence-corrected chi connectivity index (χ0v) is 13.5. The lowest BCUT2D eigenvalue weighted by Crippen LogP contribution is -2.37. The van der Waals surface area contributed by atoms with Crippen molar-refractivity contribution in [3.8, 4) is 0 Å². The molecule has 3 rings (SSSR count). The number of rotatable bonds is 5. The number of ether oxygens (including phenoxy) is 2. The highest BCUT2D eigenvalue weighted by molar-refractivity contribution is 6.31. The van der Waals surface area contributed by atoms with Gasteiger partial charge in [-0.2, -0.15) is 0 Å². The molecule has 3 nitrogen and oxygen atoms in total. The van der Waals surface area contributed by atoms with E-state index >= 15 is 0 Å². The average molecular weight is 328 g/mol.